The number of carbonyl (C=O) groups is 2. The molecule has 0 radical (unpaired) electrons. The lowest BCUT2D eigenvalue weighted by Crippen LogP contribution is -2.37. The molecule has 7 heteroatoms. The van der Waals surface area contributed by atoms with Crippen LogP contribution in [-0.4, -0.2) is 59.5 Å². The molecule has 1 N–H and O–H groups in total. The van der Waals surface area contributed by atoms with Gasteiger partial charge < -0.3 is 10.0 Å². The number of likely N-dealkylation sites (N-methyl/N-ethyl adjacent to an activating group) is 1. The molecular weight excluding hydrogens is 335 g/mol. The number of hydrogen-bond acceptors (Lipinski definition) is 3. The molecule has 2 rings (SSSR count). The van der Waals surface area contributed by atoms with Crippen LogP contribution in [0.25, 0.3) is 0 Å². The maximum Gasteiger partial charge on any atom is 0.317 e. The molecule has 0 aromatic heterocycles. The first-order valence-electron chi connectivity index (χ1n) is 8.00. The van der Waals surface area contributed by atoms with Gasteiger partial charge in [-0.3, -0.25) is 14.5 Å². The summed E-state index contributed by atoms with van der Waals surface area (Å²) >= 11 is 5.98. The van der Waals surface area contributed by atoms with Crippen LogP contribution in [0, 0.1) is 5.82 Å². The fourth-order valence-corrected chi connectivity index (χ4v) is 3.29. The smallest absolute Gasteiger partial charge is 0.317 e. The van der Waals surface area contributed by atoms with Gasteiger partial charge in [0.2, 0.25) is 5.91 Å². The molecule has 0 aliphatic carbocycles. The second-order valence-electron chi connectivity index (χ2n) is 6.19. The fraction of sp³-hybridized carbons (Fsp3) is 0.529. The third-order valence-corrected chi connectivity index (χ3v) is 4.77. The van der Waals surface area contributed by atoms with Crippen LogP contribution >= 0.6 is 11.6 Å². The van der Waals surface area contributed by atoms with Gasteiger partial charge in [0, 0.05) is 24.2 Å². The second kappa shape index (κ2) is 8.44. The lowest BCUT2D eigenvalue weighted by molar-refractivity contribution is -0.138. The topological polar surface area (TPSA) is 60.9 Å². The van der Waals surface area contributed by atoms with Crippen LogP contribution in [0.2, 0.25) is 5.02 Å². The van der Waals surface area contributed by atoms with Crippen molar-refractivity contribution in [3.63, 3.8) is 0 Å². The summed E-state index contributed by atoms with van der Waals surface area (Å²) in [5.41, 5.74) is 0.617. The summed E-state index contributed by atoms with van der Waals surface area (Å²) in [5, 5.41) is 9.15. The van der Waals surface area contributed by atoms with Gasteiger partial charge in [-0.15, -0.1) is 0 Å². The highest BCUT2D eigenvalue weighted by molar-refractivity contribution is 6.31. The van der Waals surface area contributed by atoms with Crippen molar-refractivity contribution in [2.24, 2.45) is 0 Å². The van der Waals surface area contributed by atoms with Crippen LogP contribution in [0.3, 0.4) is 0 Å². The summed E-state index contributed by atoms with van der Waals surface area (Å²) in [5.74, 6) is -1.30. The largest absolute Gasteiger partial charge is 0.480 e. The van der Waals surface area contributed by atoms with E-state index in [1.165, 1.54) is 18.2 Å². The van der Waals surface area contributed by atoms with E-state index in [0.29, 0.717) is 18.7 Å². The summed E-state index contributed by atoms with van der Waals surface area (Å²) < 4.78 is 13.1. The first-order valence-corrected chi connectivity index (χ1v) is 8.38. The Morgan fingerprint density at radius 2 is 2.12 bits per heavy atom. The van der Waals surface area contributed by atoms with E-state index in [1.54, 1.807) is 11.9 Å². The Kier molecular flexibility index (Phi) is 6.57. The third kappa shape index (κ3) is 5.18. The Balaban J connectivity index is 1.93. The highest BCUT2D eigenvalue weighted by Crippen LogP contribution is 2.20. The molecule has 1 aromatic rings. The Bertz CT molecular complexity index is 611. The molecule has 0 spiro atoms. The molecule has 1 aliphatic rings. The van der Waals surface area contributed by atoms with E-state index in [9.17, 15) is 14.0 Å². The van der Waals surface area contributed by atoms with Gasteiger partial charge in [0.25, 0.3) is 0 Å². The quantitative estimate of drug-likeness (QED) is 0.880. The van der Waals surface area contributed by atoms with Gasteiger partial charge >= 0.3 is 5.97 Å². The first-order chi connectivity index (χ1) is 11.4. The molecule has 1 atom stereocenters. The molecule has 1 aromatic carbocycles. The summed E-state index contributed by atoms with van der Waals surface area (Å²) in [6, 6.07) is 4.21. The van der Waals surface area contributed by atoms with Gasteiger partial charge in [-0.05, 0) is 44.0 Å². The number of halogens is 2. The van der Waals surface area contributed by atoms with Crippen molar-refractivity contribution in [3.05, 3.63) is 34.6 Å². The number of hydrogen-bond donors (Lipinski definition) is 1. The average Bonchev–Trinajstić information content (AvgIpc) is 2.75. The monoisotopic (exact) mass is 356 g/mol. The van der Waals surface area contributed by atoms with E-state index >= 15 is 0 Å². The van der Waals surface area contributed by atoms with Crippen molar-refractivity contribution in [3.8, 4) is 0 Å². The molecule has 1 heterocycles. The number of amides is 1. The van der Waals surface area contributed by atoms with Gasteiger partial charge in [0.05, 0.1) is 13.0 Å². The summed E-state index contributed by atoms with van der Waals surface area (Å²) in [6.45, 7) is 1.24. The first kappa shape index (κ1) is 18.7. The molecule has 1 amide bonds. The normalized spacial score (nSPS) is 18.5. The number of carboxylic acids is 1. The van der Waals surface area contributed by atoms with Crippen LogP contribution in [0.5, 0.6) is 0 Å². The van der Waals surface area contributed by atoms with Gasteiger partial charge in [-0.25, -0.2) is 4.39 Å². The summed E-state index contributed by atoms with van der Waals surface area (Å²) in [6.07, 6.45) is 2.59. The van der Waals surface area contributed by atoms with Crippen molar-refractivity contribution in [1.82, 2.24) is 9.80 Å². The lowest BCUT2D eigenvalue weighted by Gasteiger charge is -2.25. The van der Waals surface area contributed by atoms with E-state index < -0.39 is 11.8 Å². The van der Waals surface area contributed by atoms with Crippen LogP contribution in [0.1, 0.15) is 24.8 Å². The SMILES string of the molecule is CN(CC(=O)O)C1CCCN(C(=O)Cc2ccc(F)cc2Cl)CC1. The van der Waals surface area contributed by atoms with Crippen molar-refractivity contribution < 1.29 is 19.1 Å². The minimum atomic E-state index is -0.847. The molecule has 24 heavy (non-hydrogen) atoms. The number of aliphatic carboxylic acids is 1. The second-order valence-corrected chi connectivity index (χ2v) is 6.59. The highest BCUT2D eigenvalue weighted by Gasteiger charge is 2.24. The highest BCUT2D eigenvalue weighted by atomic mass is 35.5. The van der Waals surface area contributed by atoms with Crippen LogP contribution < -0.4 is 0 Å². The van der Waals surface area contributed by atoms with Gasteiger partial charge in [-0.1, -0.05) is 17.7 Å². The zero-order chi connectivity index (χ0) is 17.7. The van der Waals surface area contributed by atoms with E-state index in [4.69, 9.17) is 16.7 Å². The number of nitrogens with zero attached hydrogens (tertiary/aromatic N) is 2. The Hall–Kier alpha value is -1.66. The van der Waals surface area contributed by atoms with Crippen molar-refractivity contribution in [1.29, 1.82) is 0 Å². The predicted molar refractivity (Wildman–Crippen MR) is 89.6 cm³/mol. The molecule has 1 saturated heterocycles. The average molecular weight is 357 g/mol. The zero-order valence-corrected chi connectivity index (χ0v) is 14.4. The van der Waals surface area contributed by atoms with E-state index in [1.807, 2.05) is 4.90 Å². The maximum atomic E-state index is 13.1. The molecule has 132 valence electrons. The van der Waals surface area contributed by atoms with Crippen molar-refractivity contribution in [2.75, 3.05) is 26.7 Å². The van der Waals surface area contributed by atoms with Gasteiger partial charge in [-0.2, -0.15) is 0 Å². The molecule has 0 bridgehead atoms. The zero-order valence-electron chi connectivity index (χ0n) is 13.7. The van der Waals surface area contributed by atoms with Crippen LogP contribution in [-0.2, 0) is 16.0 Å². The molecule has 0 saturated carbocycles. The van der Waals surface area contributed by atoms with E-state index in [-0.39, 0.29) is 29.9 Å². The van der Waals surface area contributed by atoms with E-state index in [2.05, 4.69) is 0 Å². The van der Waals surface area contributed by atoms with E-state index in [0.717, 1.165) is 19.3 Å². The third-order valence-electron chi connectivity index (χ3n) is 4.42. The molecule has 1 fully saturated rings. The molecule has 5 nitrogen and oxygen atoms in total. The standard InChI is InChI=1S/C17H22ClFN2O3/c1-20(11-17(23)24)14-3-2-7-21(8-6-14)16(22)9-12-4-5-13(19)10-15(12)18/h4-5,10,14H,2-3,6-9,11H2,1H3,(H,23,24). The molecule has 1 aliphatic heterocycles. The minimum absolute atomic E-state index is 0.00377. The maximum absolute atomic E-state index is 13.1. The Morgan fingerprint density at radius 1 is 1.38 bits per heavy atom. The summed E-state index contributed by atoms with van der Waals surface area (Å²) in [4.78, 5) is 26.9. The van der Waals surface area contributed by atoms with Crippen LogP contribution in [0.4, 0.5) is 4.39 Å². The molecule has 1 unspecified atom stereocenters. The van der Waals surface area contributed by atoms with Crippen molar-refractivity contribution >= 4 is 23.5 Å². The summed E-state index contributed by atoms with van der Waals surface area (Å²) in [7, 11) is 1.80. The van der Waals surface area contributed by atoms with Crippen molar-refractivity contribution in [2.45, 2.75) is 31.7 Å². The van der Waals surface area contributed by atoms with Gasteiger partial charge in [0.15, 0.2) is 0 Å². The minimum Gasteiger partial charge on any atom is -0.480 e. The fourth-order valence-electron chi connectivity index (χ4n) is 3.05. The number of likely N-dealkylation sites (tertiary alicyclic amines) is 1. The number of carbonyl (C=O) groups excluding carboxylic acids is 1. The number of rotatable bonds is 5. The lowest BCUT2D eigenvalue weighted by atomic mass is 10.1. The Morgan fingerprint density at radius 3 is 2.79 bits per heavy atom. The predicted octanol–water partition coefficient (Wildman–Crippen LogP) is 2.42. The number of carboxylic acid groups (broad SMARTS) is 1. The van der Waals surface area contributed by atoms with Crippen LogP contribution in [0.15, 0.2) is 18.2 Å². The Labute approximate surface area is 146 Å². The number of benzene rings is 1. The van der Waals surface area contributed by atoms with Gasteiger partial charge in [0.1, 0.15) is 5.82 Å². The molecular formula is C17H22ClFN2O3.